The molecule has 0 spiro atoms. The molecule has 3 aromatic carbocycles. The van der Waals surface area contributed by atoms with E-state index in [1.54, 1.807) is 12.1 Å². The van der Waals surface area contributed by atoms with Gasteiger partial charge in [0.05, 0.1) is 44.2 Å². The van der Waals surface area contributed by atoms with Crippen molar-refractivity contribution >= 4 is 23.6 Å². The standard InChI is InChI=1S/C34H40N4O6/c1-42-34(41)38(33(40)31(35)30(24-11-4-2-5-12-24)25-13-6-3-7-14-25)29-15-9-8-10-23(29)16-17-27-20-36-28(22-44-27)32(39)37-26-18-19-43-21-26/h2-15,26-28,30-31,36H,16-22,35H2,1H3,(H,37,39)/t26?,27-,28+,31+/m1/s1. The molecule has 1 unspecified atom stereocenters. The predicted octanol–water partition coefficient (Wildman–Crippen LogP) is 3.14. The van der Waals surface area contributed by atoms with E-state index in [0.717, 1.165) is 28.0 Å². The Morgan fingerprint density at radius 2 is 1.64 bits per heavy atom. The molecule has 4 atom stereocenters. The number of rotatable bonds is 10. The van der Waals surface area contributed by atoms with Crippen molar-refractivity contribution in [1.82, 2.24) is 10.6 Å². The van der Waals surface area contributed by atoms with Gasteiger partial charge < -0.3 is 30.6 Å². The fraction of sp³-hybridized carbons (Fsp3) is 0.382. The summed E-state index contributed by atoms with van der Waals surface area (Å²) in [5.41, 5.74) is 9.64. The minimum absolute atomic E-state index is 0.0442. The third kappa shape index (κ3) is 7.51. The second-order valence-corrected chi connectivity index (χ2v) is 11.1. The Bertz CT molecular complexity index is 1350. The Balaban J connectivity index is 1.29. The highest BCUT2D eigenvalue weighted by Gasteiger charge is 2.36. The Morgan fingerprint density at radius 3 is 2.23 bits per heavy atom. The van der Waals surface area contributed by atoms with Gasteiger partial charge in [-0.1, -0.05) is 78.9 Å². The number of nitrogens with one attached hydrogen (secondary N) is 2. The lowest BCUT2D eigenvalue weighted by atomic mass is 9.84. The zero-order chi connectivity index (χ0) is 30.9. The van der Waals surface area contributed by atoms with Gasteiger partial charge in [0.25, 0.3) is 5.91 Å². The van der Waals surface area contributed by atoms with Crippen LogP contribution in [0.1, 0.15) is 35.4 Å². The molecule has 3 amide bonds. The van der Waals surface area contributed by atoms with Gasteiger partial charge in [0.2, 0.25) is 5.91 Å². The van der Waals surface area contributed by atoms with E-state index < -0.39 is 30.0 Å². The number of ether oxygens (including phenoxy) is 3. The first-order valence-corrected chi connectivity index (χ1v) is 15.0. The van der Waals surface area contributed by atoms with Crippen molar-refractivity contribution in [3.05, 3.63) is 102 Å². The number of amides is 3. The highest BCUT2D eigenvalue weighted by atomic mass is 16.5. The van der Waals surface area contributed by atoms with Crippen molar-refractivity contribution < 1.29 is 28.6 Å². The molecule has 2 aliphatic heterocycles. The summed E-state index contributed by atoms with van der Waals surface area (Å²) in [6, 6.07) is 24.9. The summed E-state index contributed by atoms with van der Waals surface area (Å²) in [6.07, 6.45) is 0.995. The van der Waals surface area contributed by atoms with Crippen LogP contribution in [0.4, 0.5) is 10.5 Å². The smallest absolute Gasteiger partial charge is 0.420 e. The monoisotopic (exact) mass is 600 g/mol. The molecule has 5 rings (SSSR count). The normalized spacial score (nSPS) is 20.6. The molecule has 44 heavy (non-hydrogen) atoms. The van der Waals surface area contributed by atoms with Crippen LogP contribution in [0.15, 0.2) is 84.9 Å². The number of morpholine rings is 1. The molecule has 3 aromatic rings. The van der Waals surface area contributed by atoms with Gasteiger partial charge in [0.1, 0.15) is 6.04 Å². The highest BCUT2D eigenvalue weighted by molar-refractivity contribution is 6.15. The van der Waals surface area contributed by atoms with E-state index >= 15 is 0 Å². The molecule has 0 saturated carbocycles. The number of methoxy groups -OCH3 is 1. The molecular formula is C34H40N4O6. The second kappa shape index (κ2) is 15.1. The molecule has 0 aromatic heterocycles. The number of anilines is 1. The molecule has 2 heterocycles. The van der Waals surface area contributed by atoms with Crippen molar-refractivity contribution in [1.29, 1.82) is 0 Å². The topological polar surface area (TPSA) is 132 Å². The number of benzene rings is 3. The van der Waals surface area contributed by atoms with Crippen LogP contribution in [0.5, 0.6) is 0 Å². The first-order chi connectivity index (χ1) is 21.5. The minimum atomic E-state index is -1.07. The molecule has 2 fully saturated rings. The van der Waals surface area contributed by atoms with Gasteiger partial charge >= 0.3 is 6.09 Å². The van der Waals surface area contributed by atoms with Crippen molar-refractivity contribution in [3.8, 4) is 0 Å². The second-order valence-electron chi connectivity index (χ2n) is 11.1. The Labute approximate surface area is 257 Å². The molecule has 10 heteroatoms. The van der Waals surface area contributed by atoms with Crippen LogP contribution in [0.25, 0.3) is 0 Å². The number of hydrogen-bond donors (Lipinski definition) is 3. The predicted molar refractivity (Wildman–Crippen MR) is 166 cm³/mol. The molecule has 0 radical (unpaired) electrons. The van der Waals surface area contributed by atoms with E-state index in [4.69, 9.17) is 19.9 Å². The maximum Gasteiger partial charge on any atom is 0.420 e. The highest BCUT2D eigenvalue weighted by Crippen LogP contribution is 2.31. The third-order valence-electron chi connectivity index (χ3n) is 8.19. The maximum absolute atomic E-state index is 14.1. The fourth-order valence-electron chi connectivity index (χ4n) is 5.80. The number of carbonyl (C=O) groups is 3. The Kier molecular flexibility index (Phi) is 10.7. The van der Waals surface area contributed by atoms with Crippen LogP contribution in [0.3, 0.4) is 0 Å². The molecule has 232 valence electrons. The van der Waals surface area contributed by atoms with Gasteiger partial charge in [-0.2, -0.15) is 0 Å². The van der Waals surface area contributed by atoms with Gasteiger partial charge in [-0.05, 0) is 42.0 Å². The van der Waals surface area contributed by atoms with Crippen molar-refractivity contribution in [2.75, 3.05) is 38.4 Å². The summed E-state index contributed by atoms with van der Waals surface area (Å²) in [5, 5.41) is 6.30. The number of nitrogens with zero attached hydrogens (tertiary/aromatic N) is 1. The minimum Gasteiger partial charge on any atom is -0.452 e. The largest absolute Gasteiger partial charge is 0.452 e. The van der Waals surface area contributed by atoms with E-state index in [0.29, 0.717) is 38.3 Å². The average molecular weight is 601 g/mol. The first-order valence-electron chi connectivity index (χ1n) is 15.0. The van der Waals surface area contributed by atoms with Gasteiger partial charge in [0.15, 0.2) is 0 Å². The van der Waals surface area contributed by atoms with E-state index in [9.17, 15) is 14.4 Å². The third-order valence-corrected chi connectivity index (χ3v) is 8.19. The average Bonchev–Trinajstić information content (AvgIpc) is 3.58. The zero-order valence-corrected chi connectivity index (χ0v) is 24.9. The van der Waals surface area contributed by atoms with Crippen LogP contribution < -0.4 is 21.3 Å². The van der Waals surface area contributed by atoms with Crippen LogP contribution in [-0.2, 0) is 30.2 Å². The molecule has 4 N–H and O–H groups in total. The maximum atomic E-state index is 14.1. The van der Waals surface area contributed by atoms with Crippen LogP contribution in [0.2, 0.25) is 0 Å². The van der Waals surface area contributed by atoms with Crippen LogP contribution in [-0.4, -0.2) is 75.6 Å². The van der Waals surface area contributed by atoms with Gasteiger partial charge in [-0.25, -0.2) is 9.69 Å². The Hall–Kier alpha value is -4.09. The lowest BCUT2D eigenvalue weighted by molar-refractivity contribution is -0.128. The lowest BCUT2D eigenvalue weighted by Gasteiger charge is -2.31. The number of imide groups is 1. The SMILES string of the molecule is COC(=O)N(C(=O)[C@@H](N)C(c1ccccc1)c1ccccc1)c1ccccc1CC[C@@H]1CN[C@H](C(=O)NC2CCOC2)CO1. The van der Waals surface area contributed by atoms with E-state index in [1.807, 2.05) is 72.8 Å². The number of hydrogen-bond acceptors (Lipinski definition) is 8. The van der Waals surface area contributed by atoms with Gasteiger partial charge in [0, 0.05) is 19.1 Å². The van der Waals surface area contributed by atoms with Crippen LogP contribution >= 0.6 is 0 Å². The number of carbonyl (C=O) groups excluding carboxylic acids is 3. The number of para-hydroxylation sites is 1. The van der Waals surface area contributed by atoms with Gasteiger partial charge in [-0.15, -0.1) is 0 Å². The molecule has 0 bridgehead atoms. The van der Waals surface area contributed by atoms with E-state index in [2.05, 4.69) is 10.6 Å². The first kappa shape index (κ1) is 31.3. The zero-order valence-electron chi connectivity index (χ0n) is 24.9. The molecular weight excluding hydrogens is 560 g/mol. The number of aryl methyl sites for hydroxylation is 1. The van der Waals surface area contributed by atoms with E-state index in [-0.39, 0.29) is 24.7 Å². The lowest BCUT2D eigenvalue weighted by Crippen LogP contribution is -2.55. The van der Waals surface area contributed by atoms with Gasteiger partial charge in [-0.3, -0.25) is 9.59 Å². The Morgan fingerprint density at radius 1 is 0.977 bits per heavy atom. The van der Waals surface area contributed by atoms with E-state index in [1.165, 1.54) is 7.11 Å². The summed E-state index contributed by atoms with van der Waals surface area (Å²) in [6.45, 7) is 1.96. The summed E-state index contributed by atoms with van der Waals surface area (Å²) in [5.74, 6) is -1.14. The molecule has 10 nitrogen and oxygen atoms in total. The quantitative estimate of drug-likeness (QED) is 0.324. The fourth-order valence-corrected chi connectivity index (χ4v) is 5.80. The molecule has 2 aliphatic rings. The summed E-state index contributed by atoms with van der Waals surface area (Å²) in [4.78, 5) is 41.0. The summed E-state index contributed by atoms with van der Waals surface area (Å²) in [7, 11) is 1.25. The molecule has 0 aliphatic carbocycles. The summed E-state index contributed by atoms with van der Waals surface area (Å²) < 4.78 is 16.5. The van der Waals surface area contributed by atoms with Crippen molar-refractivity contribution in [2.24, 2.45) is 5.73 Å². The summed E-state index contributed by atoms with van der Waals surface area (Å²) >= 11 is 0. The van der Waals surface area contributed by atoms with Crippen molar-refractivity contribution in [3.63, 3.8) is 0 Å². The molecule has 2 saturated heterocycles. The van der Waals surface area contributed by atoms with Crippen molar-refractivity contribution in [2.45, 2.75) is 49.4 Å². The van der Waals surface area contributed by atoms with Crippen LogP contribution in [0, 0.1) is 0 Å². The number of nitrogens with two attached hydrogens (primary N) is 1.